The average molecular weight is 252 g/mol. The first-order valence-corrected chi connectivity index (χ1v) is 7.10. The molecule has 15 heavy (non-hydrogen) atoms. The van der Waals surface area contributed by atoms with Crippen molar-refractivity contribution in [1.29, 1.82) is 0 Å². The number of sulfone groups is 1. The zero-order chi connectivity index (χ0) is 12.3. The predicted octanol–water partition coefficient (Wildman–Crippen LogP) is 0.682. The van der Waals surface area contributed by atoms with Crippen LogP contribution >= 0.6 is 12.2 Å². The van der Waals surface area contributed by atoms with Gasteiger partial charge in [-0.05, 0) is 39.9 Å². The lowest BCUT2D eigenvalue weighted by molar-refractivity contribution is 0.544. The van der Waals surface area contributed by atoms with Crippen molar-refractivity contribution in [2.24, 2.45) is 0 Å². The monoisotopic (exact) mass is 252 g/mol. The van der Waals surface area contributed by atoms with E-state index in [0.29, 0.717) is 11.7 Å². The summed E-state index contributed by atoms with van der Waals surface area (Å²) < 4.78 is 22.0. The second kappa shape index (κ2) is 5.12. The summed E-state index contributed by atoms with van der Waals surface area (Å²) in [5.74, 6) is 0. The minimum absolute atomic E-state index is 0.242. The van der Waals surface area contributed by atoms with Gasteiger partial charge < -0.3 is 10.6 Å². The lowest BCUT2D eigenvalue weighted by atomic mass is 10.2. The molecule has 0 atom stereocenters. The number of nitrogens with one attached hydrogen (secondary N) is 2. The van der Waals surface area contributed by atoms with Crippen LogP contribution in [0.5, 0.6) is 0 Å². The summed E-state index contributed by atoms with van der Waals surface area (Å²) >= 11 is 5.00. The van der Waals surface area contributed by atoms with Crippen LogP contribution in [0.25, 0.3) is 0 Å². The molecule has 0 saturated carbocycles. The summed E-state index contributed by atoms with van der Waals surface area (Å²) in [6.45, 7) is 7.59. The van der Waals surface area contributed by atoms with Gasteiger partial charge in [0.15, 0.2) is 14.9 Å². The highest BCUT2D eigenvalue weighted by atomic mass is 32.2. The highest BCUT2D eigenvalue weighted by Gasteiger charge is 2.29. The van der Waals surface area contributed by atoms with E-state index in [2.05, 4.69) is 10.6 Å². The standard InChI is InChI=1S/C9H20N2O2S2/c1-7(2)11-8(14)10-6-9(3,4)15(5,12)13/h7H,6H2,1-5H3,(H2,10,11,14). The molecule has 0 aliphatic carbocycles. The van der Waals surface area contributed by atoms with E-state index in [1.54, 1.807) is 13.8 Å². The molecule has 0 aromatic rings. The fraction of sp³-hybridized carbons (Fsp3) is 0.889. The molecule has 4 nitrogen and oxygen atoms in total. The van der Waals surface area contributed by atoms with Crippen LogP contribution in [0.15, 0.2) is 0 Å². The Labute approximate surface area is 97.7 Å². The van der Waals surface area contributed by atoms with Gasteiger partial charge in [0.25, 0.3) is 0 Å². The molecule has 0 aliphatic heterocycles. The average Bonchev–Trinajstić information content (AvgIpc) is 1.97. The molecule has 0 saturated heterocycles. The van der Waals surface area contributed by atoms with Crippen molar-refractivity contribution in [3.05, 3.63) is 0 Å². The molecule has 0 radical (unpaired) electrons. The topological polar surface area (TPSA) is 58.2 Å². The molecule has 0 fully saturated rings. The Morgan fingerprint density at radius 1 is 1.40 bits per heavy atom. The molecule has 6 heteroatoms. The van der Waals surface area contributed by atoms with Crippen LogP contribution in [0.1, 0.15) is 27.7 Å². The maximum absolute atomic E-state index is 11.4. The fourth-order valence-corrected chi connectivity index (χ4v) is 1.38. The zero-order valence-corrected chi connectivity index (χ0v) is 11.6. The van der Waals surface area contributed by atoms with Gasteiger partial charge in [0, 0.05) is 18.8 Å². The van der Waals surface area contributed by atoms with Crippen molar-refractivity contribution in [1.82, 2.24) is 10.6 Å². The third-order valence-corrected chi connectivity index (χ3v) is 4.51. The largest absolute Gasteiger partial charge is 0.361 e. The van der Waals surface area contributed by atoms with E-state index in [1.165, 1.54) is 6.26 Å². The van der Waals surface area contributed by atoms with E-state index in [4.69, 9.17) is 12.2 Å². The highest BCUT2D eigenvalue weighted by molar-refractivity contribution is 7.92. The summed E-state index contributed by atoms with van der Waals surface area (Å²) in [5.41, 5.74) is 0. The molecule has 2 N–H and O–H groups in total. The van der Waals surface area contributed by atoms with E-state index in [-0.39, 0.29) is 6.04 Å². The Hall–Kier alpha value is -0.360. The Morgan fingerprint density at radius 3 is 2.20 bits per heavy atom. The van der Waals surface area contributed by atoms with Gasteiger partial charge in [0.05, 0.1) is 4.75 Å². The lowest BCUT2D eigenvalue weighted by Gasteiger charge is -2.24. The van der Waals surface area contributed by atoms with Crippen LogP contribution in [0, 0.1) is 0 Å². The molecule has 0 rings (SSSR count). The molecule has 0 heterocycles. The van der Waals surface area contributed by atoms with Crippen molar-refractivity contribution in [2.75, 3.05) is 12.8 Å². The van der Waals surface area contributed by atoms with Crippen molar-refractivity contribution in [3.63, 3.8) is 0 Å². The van der Waals surface area contributed by atoms with Gasteiger partial charge in [-0.15, -0.1) is 0 Å². The normalized spacial score (nSPS) is 12.7. The number of hydrogen-bond acceptors (Lipinski definition) is 3. The first-order valence-electron chi connectivity index (χ1n) is 4.80. The molecule has 0 aromatic carbocycles. The molecule has 0 aromatic heterocycles. The minimum Gasteiger partial charge on any atom is -0.361 e. The van der Waals surface area contributed by atoms with Gasteiger partial charge in [-0.1, -0.05) is 0 Å². The van der Waals surface area contributed by atoms with Crippen LogP contribution in [-0.4, -0.2) is 37.1 Å². The van der Waals surface area contributed by atoms with E-state index in [1.807, 2.05) is 13.8 Å². The molecular weight excluding hydrogens is 232 g/mol. The minimum atomic E-state index is -3.08. The summed E-state index contributed by atoms with van der Waals surface area (Å²) in [6, 6.07) is 0.242. The quantitative estimate of drug-likeness (QED) is 0.721. The lowest BCUT2D eigenvalue weighted by Crippen LogP contribution is -2.48. The van der Waals surface area contributed by atoms with Gasteiger partial charge in [-0.25, -0.2) is 8.42 Å². The van der Waals surface area contributed by atoms with Crippen molar-refractivity contribution < 1.29 is 8.42 Å². The smallest absolute Gasteiger partial charge is 0.166 e. The third-order valence-electron chi connectivity index (χ3n) is 2.10. The third kappa shape index (κ3) is 5.32. The van der Waals surface area contributed by atoms with Crippen LogP contribution in [-0.2, 0) is 9.84 Å². The number of rotatable bonds is 4. The van der Waals surface area contributed by atoms with E-state index >= 15 is 0 Å². The summed E-state index contributed by atoms with van der Waals surface area (Å²) in [4.78, 5) is 0. The summed E-state index contributed by atoms with van der Waals surface area (Å²) in [6.07, 6.45) is 1.23. The number of hydrogen-bond donors (Lipinski definition) is 2. The maximum Gasteiger partial charge on any atom is 0.166 e. The van der Waals surface area contributed by atoms with Crippen molar-refractivity contribution in [3.8, 4) is 0 Å². The Bertz CT molecular complexity index is 321. The van der Waals surface area contributed by atoms with Gasteiger partial charge in [0.2, 0.25) is 0 Å². The summed E-state index contributed by atoms with van der Waals surface area (Å²) in [7, 11) is -3.08. The first-order chi connectivity index (χ1) is 6.56. The van der Waals surface area contributed by atoms with Crippen LogP contribution < -0.4 is 10.6 Å². The second-order valence-corrected chi connectivity index (χ2v) is 7.57. The highest BCUT2D eigenvalue weighted by Crippen LogP contribution is 2.13. The number of thiocarbonyl (C=S) groups is 1. The Morgan fingerprint density at radius 2 is 1.87 bits per heavy atom. The van der Waals surface area contributed by atoms with E-state index in [0.717, 1.165) is 0 Å². The van der Waals surface area contributed by atoms with Crippen LogP contribution in [0.3, 0.4) is 0 Å². The molecule has 0 bridgehead atoms. The predicted molar refractivity (Wildman–Crippen MR) is 67.8 cm³/mol. The molecule has 0 unspecified atom stereocenters. The zero-order valence-electron chi connectivity index (χ0n) is 9.92. The van der Waals surface area contributed by atoms with Gasteiger partial charge in [0.1, 0.15) is 0 Å². The van der Waals surface area contributed by atoms with E-state index in [9.17, 15) is 8.42 Å². The van der Waals surface area contributed by atoms with Gasteiger partial charge in [-0.2, -0.15) is 0 Å². The van der Waals surface area contributed by atoms with Gasteiger partial charge in [-0.3, -0.25) is 0 Å². The molecule has 0 amide bonds. The SMILES string of the molecule is CC(C)NC(=S)NCC(C)(C)S(C)(=O)=O. The summed E-state index contributed by atoms with van der Waals surface area (Å²) in [5, 5.41) is 6.38. The fourth-order valence-electron chi connectivity index (χ4n) is 0.737. The molecule has 90 valence electrons. The Kier molecular flexibility index (Phi) is 4.99. The van der Waals surface area contributed by atoms with Crippen molar-refractivity contribution >= 4 is 27.2 Å². The van der Waals surface area contributed by atoms with Crippen LogP contribution in [0.4, 0.5) is 0 Å². The second-order valence-electron chi connectivity index (χ2n) is 4.51. The van der Waals surface area contributed by atoms with E-state index < -0.39 is 14.6 Å². The molecule has 0 spiro atoms. The van der Waals surface area contributed by atoms with Gasteiger partial charge >= 0.3 is 0 Å². The maximum atomic E-state index is 11.4. The molecule has 0 aliphatic rings. The molecular formula is C9H20N2O2S2. The van der Waals surface area contributed by atoms with Crippen LogP contribution in [0.2, 0.25) is 0 Å². The Balaban J connectivity index is 4.23. The van der Waals surface area contributed by atoms with Crippen molar-refractivity contribution in [2.45, 2.75) is 38.5 Å². The first kappa shape index (κ1) is 14.6.